The lowest BCUT2D eigenvalue weighted by Crippen LogP contribution is -2.42. The van der Waals surface area contributed by atoms with Crippen LogP contribution in [-0.2, 0) is 16.0 Å². The quantitative estimate of drug-likeness (QED) is 0.859. The lowest BCUT2D eigenvalue weighted by Gasteiger charge is -2.13. The molecule has 0 aromatic heterocycles. The molecule has 2 rings (SSSR count). The predicted octanol–water partition coefficient (Wildman–Crippen LogP) is 1.49. The molecule has 0 radical (unpaired) electrons. The number of amides is 2. The van der Waals surface area contributed by atoms with E-state index in [0.717, 1.165) is 12.8 Å². The van der Waals surface area contributed by atoms with Crippen molar-refractivity contribution in [2.24, 2.45) is 0 Å². The summed E-state index contributed by atoms with van der Waals surface area (Å²) in [6.45, 7) is 0.756. The molecule has 0 aliphatic carbocycles. The van der Waals surface area contributed by atoms with Crippen LogP contribution < -0.4 is 5.43 Å². The molecule has 0 bridgehead atoms. The van der Waals surface area contributed by atoms with E-state index in [1.165, 1.54) is 10.6 Å². The van der Waals surface area contributed by atoms with Gasteiger partial charge in [-0.1, -0.05) is 30.3 Å². The van der Waals surface area contributed by atoms with Crippen LogP contribution >= 0.6 is 0 Å². The first-order chi connectivity index (χ1) is 8.75. The molecule has 1 fully saturated rings. The summed E-state index contributed by atoms with van der Waals surface area (Å²) in [7, 11) is 0. The van der Waals surface area contributed by atoms with Crippen molar-refractivity contribution < 1.29 is 14.3 Å². The van der Waals surface area contributed by atoms with Crippen LogP contribution in [0.2, 0.25) is 0 Å². The highest BCUT2D eigenvalue weighted by atomic mass is 16.6. The van der Waals surface area contributed by atoms with E-state index in [4.69, 9.17) is 4.74 Å². The summed E-state index contributed by atoms with van der Waals surface area (Å²) in [5.41, 5.74) is 3.75. The van der Waals surface area contributed by atoms with Gasteiger partial charge in [-0.2, -0.15) is 0 Å². The van der Waals surface area contributed by atoms with Crippen LogP contribution in [0.4, 0.5) is 4.79 Å². The summed E-state index contributed by atoms with van der Waals surface area (Å²) < 4.78 is 4.71. The fourth-order valence-corrected chi connectivity index (χ4v) is 1.80. The zero-order chi connectivity index (χ0) is 12.8. The van der Waals surface area contributed by atoms with Crippen molar-refractivity contribution in [3.63, 3.8) is 0 Å². The van der Waals surface area contributed by atoms with Crippen LogP contribution in [0.3, 0.4) is 0 Å². The lowest BCUT2D eigenvalue weighted by molar-refractivity contribution is -0.124. The van der Waals surface area contributed by atoms with Gasteiger partial charge in [0.1, 0.15) is 6.61 Å². The van der Waals surface area contributed by atoms with E-state index in [-0.39, 0.29) is 5.91 Å². The molecular weight excluding hydrogens is 232 g/mol. The van der Waals surface area contributed by atoms with Crippen molar-refractivity contribution in [2.45, 2.75) is 19.3 Å². The zero-order valence-corrected chi connectivity index (χ0v) is 10.1. The first kappa shape index (κ1) is 12.4. The maximum atomic E-state index is 11.6. The largest absolute Gasteiger partial charge is 0.446 e. The molecule has 0 spiro atoms. The van der Waals surface area contributed by atoms with E-state index in [1.54, 1.807) is 0 Å². The normalized spacial score (nSPS) is 14.4. The number of cyclic esters (lactones) is 1. The van der Waals surface area contributed by atoms with Gasteiger partial charge in [0.05, 0.1) is 6.54 Å². The SMILES string of the molecule is O=C(CCCc1ccccc1)NN1CCOC1=O. The number of hydrogen-bond donors (Lipinski definition) is 1. The van der Waals surface area contributed by atoms with E-state index in [0.29, 0.717) is 19.6 Å². The minimum Gasteiger partial charge on any atom is -0.446 e. The Morgan fingerprint density at radius 1 is 1.33 bits per heavy atom. The molecule has 5 heteroatoms. The van der Waals surface area contributed by atoms with Crippen LogP contribution in [0.1, 0.15) is 18.4 Å². The van der Waals surface area contributed by atoms with E-state index in [2.05, 4.69) is 5.43 Å². The first-order valence-corrected chi connectivity index (χ1v) is 6.03. The molecule has 2 amide bonds. The van der Waals surface area contributed by atoms with Crippen molar-refractivity contribution in [1.82, 2.24) is 10.4 Å². The van der Waals surface area contributed by atoms with E-state index < -0.39 is 6.09 Å². The van der Waals surface area contributed by atoms with Gasteiger partial charge in [0, 0.05) is 6.42 Å². The molecular formula is C13H16N2O3. The van der Waals surface area contributed by atoms with E-state index in [9.17, 15) is 9.59 Å². The van der Waals surface area contributed by atoms with Gasteiger partial charge in [-0.3, -0.25) is 10.2 Å². The van der Waals surface area contributed by atoms with E-state index >= 15 is 0 Å². The van der Waals surface area contributed by atoms with Crippen molar-refractivity contribution in [3.05, 3.63) is 35.9 Å². The number of aryl methyl sites for hydroxylation is 1. The summed E-state index contributed by atoms with van der Waals surface area (Å²) >= 11 is 0. The van der Waals surface area contributed by atoms with Crippen molar-refractivity contribution in [2.75, 3.05) is 13.2 Å². The molecule has 1 N–H and O–H groups in total. The van der Waals surface area contributed by atoms with Gasteiger partial charge in [-0.25, -0.2) is 9.80 Å². The maximum absolute atomic E-state index is 11.6. The number of benzene rings is 1. The molecule has 0 saturated carbocycles. The molecule has 18 heavy (non-hydrogen) atoms. The van der Waals surface area contributed by atoms with Crippen LogP contribution in [-0.4, -0.2) is 30.2 Å². The Hall–Kier alpha value is -2.04. The number of carbonyl (C=O) groups excluding carboxylic acids is 2. The third-order valence-electron chi connectivity index (χ3n) is 2.73. The number of carbonyl (C=O) groups is 2. The molecule has 1 saturated heterocycles. The fourth-order valence-electron chi connectivity index (χ4n) is 1.80. The molecule has 96 valence electrons. The number of nitrogens with zero attached hydrogens (tertiary/aromatic N) is 1. The minimum atomic E-state index is -0.480. The van der Waals surface area contributed by atoms with Crippen molar-refractivity contribution in [1.29, 1.82) is 0 Å². The molecule has 1 aliphatic rings. The Morgan fingerprint density at radius 2 is 2.11 bits per heavy atom. The van der Waals surface area contributed by atoms with Gasteiger partial charge in [0.25, 0.3) is 0 Å². The summed E-state index contributed by atoms with van der Waals surface area (Å²) in [4.78, 5) is 22.7. The highest BCUT2D eigenvalue weighted by molar-refractivity contribution is 5.79. The van der Waals surface area contributed by atoms with Gasteiger partial charge < -0.3 is 4.74 Å². The molecule has 1 aliphatic heterocycles. The number of hydrazine groups is 1. The number of rotatable bonds is 5. The Morgan fingerprint density at radius 3 is 2.78 bits per heavy atom. The summed E-state index contributed by atoms with van der Waals surface area (Å²) in [6.07, 6.45) is 1.54. The topological polar surface area (TPSA) is 58.6 Å². The molecule has 0 atom stereocenters. The van der Waals surface area contributed by atoms with Crippen LogP contribution in [0, 0.1) is 0 Å². The van der Waals surface area contributed by atoms with Gasteiger partial charge in [0.15, 0.2) is 0 Å². The van der Waals surface area contributed by atoms with Gasteiger partial charge in [-0.05, 0) is 18.4 Å². The highest BCUT2D eigenvalue weighted by Gasteiger charge is 2.23. The van der Waals surface area contributed by atoms with Crippen LogP contribution in [0.15, 0.2) is 30.3 Å². The monoisotopic (exact) mass is 248 g/mol. The Balaban J connectivity index is 1.67. The standard InChI is InChI=1S/C13H16N2O3/c16-12(14-15-9-10-18-13(15)17)8-4-7-11-5-2-1-3-6-11/h1-3,5-6H,4,7-10H2,(H,14,16). The molecule has 1 heterocycles. The van der Waals surface area contributed by atoms with Crippen molar-refractivity contribution >= 4 is 12.0 Å². The lowest BCUT2D eigenvalue weighted by atomic mass is 10.1. The van der Waals surface area contributed by atoms with Crippen LogP contribution in [0.5, 0.6) is 0 Å². The molecule has 1 aromatic carbocycles. The summed E-state index contributed by atoms with van der Waals surface area (Å²) in [5.74, 6) is -0.148. The molecule has 1 aromatic rings. The second kappa shape index (κ2) is 6.05. The predicted molar refractivity (Wildman–Crippen MR) is 65.6 cm³/mol. The third-order valence-corrected chi connectivity index (χ3v) is 2.73. The Kier molecular flexibility index (Phi) is 4.17. The first-order valence-electron chi connectivity index (χ1n) is 6.03. The highest BCUT2D eigenvalue weighted by Crippen LogP contribution is 2.05. The number of hydrogen-bond acceptors (Lipinski definition) is 3. The fraction of sp³-hybridized carbons (Fsp3) is 0.385. The Bertz CT molecular complexity index is 420. The minimum absolute atomic E-state index is 0.148. The molecule has 5 nitrogen and oxygen atoms in total. The zero-order valence-electron chi connectivity index (χ0n) is 10.1. The second-order valence-electron chi connectivity index (χ2n) is 4.14. The maximum Gasteiger partial charge on any atom is 0.428 e. The third kappa shape index (κ3) is 3.48. The van der Waals surface area contributed by atoms with E-state index in [1.807, 2.05) is 30.3 Å². The average Bonchev–Trinajstić information content (AvgIpc) is 2.76. The number of ether oxygens (including phenoxy) is 1. The van der Waals surface area contributed by atoms with Crippen molar-refractivity contribution in [3.8, 4) is 0 Å². The average molecular weight is 248 g/mol. The van der Waals surface area contributed by atoms with Crippen LogP contribution in [0.25, 0.3) is 0 Å². The summed E-state index contributed by atoms with van der Waals surface area (Å²) in [5, 5.41) is 1.21. The summed E-state index contributed by atoms with van der Waals surface area (Å²) in [6, 6.07) is 10.0. The van der Waals surface area contributed by atoms with Gasteiger partial charge in [-0.15, -0.1) is 0 Å². The van der Waals surface area contributed by atoms with Gasteiger partial charge >= 0.3 is 6.09 Å². The number of nitrogens with one attached hydrogen (secondary N) is 1. The molecule has 0 unspecified atom stereocenters. The Labute approximate surface area is 106 Å². The van der Waals surface area contributed by atoms with Gasteiger partial charge in [0.2, 0.25) is 5.91 Å². The second-order valence-corrected chi connectivity index (χ2v) is 4.14. The smallest absolute Gasteiger partial charge is 0.428 e.